The van der Waals surface area contributed by atoms with Gasteiger partial charge in [0.15, 0.2) is 9.84 Å². The first kappa shape index (κ1) is 18.0. The van der Waals surface area contributed by atoms with Gasteiger partial charge in [-0.05, 0) is 17.7 Å². The molecule has 1 aliphatic rings. The van der Waals surface area contributed by atoms with Crippen LogP contribution in [-0.2, 0) is 14.6 Å². The zero-order chi connectivity index (χ0) is 17.9. The molecule has 25 heavy (non-hydrogen) atoms. The minimum Gasteiger partial charge on any atom is -0.467 e. The SMILES string of the molecule is O=C(CN[C@H](c1ccccc1)c1ccco1)N[C@@H]1CS(=O)(=O)C[C@@H]1Cl. The predicted molar refractivity (Wildman–Crippen MR) is 95.2 cm³/mol. The highest BCUT2D eigenvalue weighted by Crippen LogP contribution is 2.22. The van der Waals surface area contributed by atoms with E-state index in [0.29, 0.717) is 5.76 Å². The highest BCUT2D eigenvalue weighted by Gasteiger charge is 2.37. The highest BCUT2D eigenvalue weighted by atomic mass is 35.5. The van der Waals surface area contributed by atoms with Gasteiger partial charge in [0.25, 0.3) is 0 Å². The quantitative estimate of drug-likeness (QED) is 0.739. The van der Waals surface area contributed by atoms with E-state index in [1.54, 1.807) is 12.3 Å². The normalized spacial score (nSPS) is 23.2. The number of nitrogens with one attached hydrogen (secondary N) is 2. The molecule has 134 valence electrons. The third-order valence-corrected chi connectivity index (χ3v) is 6.43. The second kappa shape index (κ2) is 7.59. The standard InChI is InChI=1S/C17H19ClN2O4S/c18-13-10-25(22,23)11-14(13)20-16(21)9-19-17(15-7-4-8-24-15)12-5-2-1-3-6-12/h1-8,13-14,17,19H,9-11H2,(H,20,21)/t13-,14+,17+/m0/s1. The lowest BCUT2D eigenvalue weighted by atomic mass is 10.0. The molecule has 0 saturated carbocycles. The molecule has 3 rings (SSSR count). The van der Waals surface area contributed by atoms with Crippen molar-refractivity contribution in [2.45, 2.75) is 17.5 Å². The van der Waals surface area contributed by atoms with Crippen LogP contribution in [0, 0.1) is 0 Å². The first-order chi connectivity index (χ1) is 11.9. The molecule has 0 bridgehead atoms. The van der Waals surface area contributed by atoms with E-state index in [1.807, 2.05) is 36.4 Å². The lowest BCUT2D eigenvalue weighted by Gasteiger charge is -2.19. The van der Waals surface area contributed by atoms with Gasteiger partial charge in [-0.1, -0.05) is 30.3 Å². The van der Waals surface area contributed by atoms with Gasteiger partial charge in [0.05, 0.1) is 41.8 Å². The largest absolute Gasteiger partial charge is 0.467 e. The van der Waals surface area contributed by atoms with Gasteiger partial charge in [-0.2, -0.15) is 0 Å². The highest BCUT2D eigenvalue weighted by molar-refractivity contribution is 7.91. The maximum absolute atomic E-state index is 12.2. The molecule has 2 heterocycles. The average molecular weight is 383 g/mol. The summed E-state index contributed by atoms with van der Waals surface area (Å²) < 4.78 is 28.6. The summed E-state index contributed by atoms with van der Waals surface area (Å²) in [4.78, 5) is 12.2. The number of furan rings is 1. The van der Waals surface area contributed by atoms with Crippen LogP contribution in [0.1, 0.15) is 17.4 Å². The first-order valence-corrected chi connectivity index (χ1v) is 10.2. The van der Waals surface area contributed by atoms with Crippen LogP contribution < -0.4 is 10.6 Å². The zero-order valence-electron chi connectivity index (χ0n) is 13.4. The maximum atomic E-state index is 12.2. The van der Waals surface area contributed by atoms with E-state index in [9.17, 15) is 13.2 Å². The molecule has 1 amide bonds. The van der Waals surface area contributed by atoms with E-state index in [-0.39, 0.29) is 30.0 Å². The molecule has 3 atom stereocenters. The Kier molecular flexibility index (Phi) is 5.46. The number of carbonyl (C=O) groups is 1. The maximum Gasteiger partial charge on any atom is 0.234 e. The number of hydrogen-bond acceptors (Lipinski definition) is 5. The Morgan fingerprint density at radius 3 is 2.56 bits per heavy atom. The van der Waals surface area contributed by atoms with Crippen LogP contribution in [-0.4, -0.2) is 43.8 Å². The van der Waals surface area contributed by atoms with Crippen LogP contribution >= 0.6 is 11.6 Å². The molecular formula is C17H19ClN2O4S. The van der Waals surface area contributed by atoms with Crippen molar-refractivity contribution in [3.05, 3.63) is 60.1 Å². The molecule has 1 aromatic carbocycles. The zero-order valence-corrected chi connectivity index (χ0v) is 15.0. The fraction of sp³-hybridized carbons (Fsp3) is 0.353. The Morgan fingerprint density at radius 2 is 1.96 bits per heavy atom. The molecule has 1 saturated heterocycles. The molecule has 0 spiro atoms. The van der Waals surface area contributed by atoms with Gasteiger partial charge in [-0.3, -0.25) is 10.1 Å². The Bertz CT molecular complexity index is 808. The van der Waals surface area contributed by atoms with Gasteiger partial charge < -0.3 is 9.73 Å². The average Bonchev–Trinajstić information content (AvgIpc) is 3.17. The number of carbonyl (C=O) groups excluding carboxylic acids is 1. The Hall–Kier alpha value is -1.83. The number of amides is 1. The van der Waals surface area contributed by atoms with Gasteiger partial charge in [0.2, 0.25) is 5.91 Å². The molecule has 1 fully saturated rings. The van der Waals surface area contributed by atoms with Gasteiger partial charge >= 0.3 is 0 Å². The lowest BCUT2D eigenvalue weighted by Crippen LogP contribution is -2.45. The molecule has 2 aromatic rings. The van der Waals surface area contributed by atoms with Crippen molar-refractivity contribution < 1.29 is 17.6 Å². The van der Waals surface area contributed by atoms with Crippen LogP contribution in [0.5, 0.6) is 0 Å². The minimum atomic E-state index is -3.18. The first-order valence-electron chi connectivity index (χ1n) is 7.90. The van der Waals surface area contributed by atoms with Crippen molar-refractivity contribution in [1.29, 1.82) is 0 Å². The van der Waals surface area contributed by atoms with Crippen molar-refractivity contribution in [1.82, 2.24) is 10.6 Å². The van der Waals surface area contributed by atoms with E-state index in [1.165, 1.54) is 0 Å². The summed E-state index contributed by atoms with van der Waals surface area (Å²) in [5.74, 6) is 0.164. The summed E-state index contributed by atoms with van der Waals surface area (Å²) in [6.45, 7) is 0.0143. The Labute approximate surface area is 151 Å². The monoisotopic (exact) mass is 382 g/mol. The molecule has 1 aliphatic heterocycles. The summed E-state index contributed by atoms with van der Waals surface area (Å²) in [5.41, 5.74) is 0.962. The number of alkyl halides is 1. The second-order valence-corrected chi connectivity index (χ2v) is 8.72. The Balaban J connectivity index is 1.63. The van der Waals surface area contributed by atoms with Gasteiger partial charge in [-0.25, -0.2) is 8.42 Å². The van der Waals surface area contributed by atoms with Gasteiger partial charge in [0, 0.05) is 0 Å². The lowest BCUT2D eigenvalue weighted by molar-refractivity contribution is -0.120. The van der Waals surface area contributed by atoms with Crippen LogP contribution in [0.25, 0.3) is 0 Å². The predicted octanol–water partition coefficient (Wildman–Crippen LogP) is 1.48. The summed E-state index contributed by atoms with van der Waals surface area (Å²) in [6, 6.07) is 12.4. The molecule has 0 radical (unpaired) electrons. The summed E-state index contributed by atoms with van der Waals surface area (Å²) in [6.07, 6.45) is 1.58. The smallest absolute Gasteiger partial charge is 0.234 e. The van der Waals surface area contributed by atoms with E-state index in [4.69, 9.17) is 16.0 Å². The van der Waals surface area contributed by atoms with Crippen LogP contribution in [0.4, 0.5) is 0 Å². The summed E-state index contributed by atoms with van der Waals surface area (Å²) in [7, 11) is -3.18. The summed E-state index contributed by atoms with van der Waals surface area (Å²) in [5, 5.41) is 5.25. The van der Waals surface area contributed by atoms with Crippen LogP contribution in [0.2, 0.25) is 0 Å². The molecule has 0 aliphatic carbocycles. The van der Waals surface area contributed by atoms with E-state index >= 15 is 0 Å². The fourth-order valence-corrected chi connectivity index (χ4v) is 5.42. The van der Waals surface area contributed by atoms with Crippen molar-refractivity contribution in [2.24, 2.45) is 0 Å². The third kappa shape index (κ3) is 4.62. The number of benzene rings is 1. The molecule has 8 heteroatoms. The topological polar surface area (TPSA) is 88.4 Å². The van der Waals surface area contributed by atoms with E-state index < -0.39 is 21.3 Å². The van der Waals surface area contributed by atoms with Crippen molar-refractivity contribution in [3.63, 3.8) is 0 Å². The van der Waals surface area contributed by atoms with E-state index in [0.717, 1.165) is 5.56 Å². The third-order valence-electron chi connectivity index (χ3n) is 4.06. The number of halogens is 1. The second-order valence-electron chi connectivity index (χ2n) is 6.01. The molecule has 0 unspecified atom stereocenters. The molecule has 1 aromatic heterocycles. The van der Waals surface area contributed by atoms with Gasteiger partial charge in [0.1, 0.15) is 5.76 Å². The molecule has 6 nitrogen and oxygen atoms in total. The molecule has 2 N–H and O–H groups in total. The minimum absolute atomic E-state index is 0.0143. The van der Waals surface area contributed by atoms with Crippen LogP contribution in [0.3, 0.4) is 0 Å². The van der Waals surface area contributed by atoms with Crippen molar-refractivity contribution in [2.75, 3.05) is 18.1 Å². The number of rotatable bonds is 6. The fourth-order valence-electron chi connectivity index (χ4n) is 2.87. The van der Waals surface area contributed by atoms with Crippen molar-refractivity contribution >= 4 is 27.3 Å². The molecular weight excluding hydrogens is 364 g/mol. The number of hydrogen-bond donors (Lipinski definition) is 2. The Morgan fingerprint density at radius 1 is 1.20 bits per heavy atom. The van der Waals surface area contributed by atoms with Crippen LogP contribution in [0.15, 0.2) is 53.1 Å². The number of sulfone groups is 1. The van der Waals surface area contributed by atoms with E-state index in [2.05, 4.69) is 10.6 Å². The van der Waals surface area contributed by atoms with Gasteiger partial charge in [-0.15, -0.1) is 11.6 Å². The van der Waals surface area contributed by atoms with Crippen molar-refractivity contribution in [3.8, 4) is 0 Å². The summed E-state index contributed by atoms with van der Waals surface area (Å²) >= 11 is 6.02.